The average Bonchev–Trinajstić information content (AvgIpc) is 2.89. The molecule has 12 nitrogen and oxygen atoms in total. The van der Waals surface area contributed by atoms with Gasteiger partial charge in [-0.25, -0.2) is 4.39 Å². The third-order valence-electron chi connectivity index (χ3n) is 7.17. The number of aryl methyl sites for hydroxylation is 1. The van der Waals surface area contributed by atoms with Crippen LogP contribution in [0.3, 0.4) is 0 Å². The van der Waals surface area contributed by atoms with Crippen molar-refractivity contribution < 1.29 is 9.18 Å². The van der Waals surface area contributed by atoms with E-state index >= 15 is 0 Å². The van der Waals surface area contributed by atoms with Gasteiger partial charge in [-0.3, -0.25) is 4.79 Å². The quantitative estimate of drug-likeness (QED) is 0.238. The van der Waals surface area contributed by atoms with E-state index in [1.54, 1.807) is 19.1 Å². The van der Waals surface area contributed by atoms with Crippen LogP contribution in [0.5, 0.6) is 0 Å². The molecule has 0 bridgehead atoms. The van der Waals surface area contributed by atoms with Crippen molar-refractivity contribution in [3.8, 4) is 0 Å². The van der Waals surface area contributed by atoms with Crippen LogP contribution >= 0.6 is 23.2 Å². The third kappa shape index (κ3) is 7.00. The second-order valence-electron chi connectivity index (χ2n) is 10.9. The molecule has 4 atom stereocenters. The van der Waals surface area contributed by atoms with Crippen LogP contribution in [-0.2, 0) is 0 Å². The molecule has 0 unspecified atom stereocenters. The van der Waals surface area contributed by atoms with Gasteiger partial charge < -0.3 is 43.4 Å². The maximum atomic E-state index is 14.3. The monoisotopic (exact) mass is 617 g/mol. The number of benzene rings is 2. The molecular weight excluding hydrogens is 584 g/mol. The number of nitrogens with zero attached hydrogens (tertiary/aromatic N) is 5. The number of piperidine rings is 2. The first-order valence-corrected chi connectivity index (χ1v) is 14.3. The van der Waals surface area contributed by atoms with Crippen molar-refractivity contribution in [1.29, 1.82) is 0 Å². The van der Waals surface area contributed by atoms with Gasteiger partial charge in [-0.15, -0.1) is 0 Å². The summed E-state index contributed by atoms with van der Waals surface area (Å²) in [6.07, 6.45) is 1.42. The molecule has 0 radical (unpaired) electrons. The van der Waals surface area contributed by atoms with Crippen LogP contribution < -0.4 is 43.4 Å². The number of nitrogens with one attached hydrogen (secondary N) is 2. The van der Waals surface area contributed by atoms with Crippen LogP contribution in [0.25, 0.3) is 0 Å². The first-order valence-electron chi connectivity index (χ1n) is 13.6. The zero-order chi connectivity index (χ0) is 30.1. The summed E-state index contributed by atoms with van der Waals surface area (Å²) in [6, 6.07) is 6.74. The highest BCUT2D eigenvalue weighted by Crippen LogP contribution is 2.32. The zero-order valence-corrected chi connectivity index (χ0v) is 24.5. The van der Waals surface area contributed by atoms with Crippen molar-refractivity contribution in [1.82, 2.24) is 15.0 Å². The van der Waals surface area contributed by atoms with Gasteiger partial charge in [-0.1, -0.05) is 23.2 Å². The molecule has 2 aliphatic rings. The summed E-state index contributed by atoms with van der Waals surface area (Å²) in [4.78, 5) is 30.7. The van der Waals surface area contributed by atoms with Crippen LogP contribution in [-0.4, -0.2) is 71.2 Å². The van der Waals surface area contributed by atoms with Crippen molar-refractivity contribution in [2.75, 3.05) is 46.6 Å². The lowest BCUT2D eigenvalue weighted by Gasteiger charge is -2.37. The van der Waals surface area contributed by atoms with E-state index in [-0.39, 0.29) is 45.7 Å². The Hall–Kier alpha value is -3.33. The van der Waals surface area contributed by atoms with E-state index in [9.17, 15) is 9.18 Å². The molecule has 2 aromatic carbocycles. The number of anilines is 5. The van der Waals surface area contributed by atoms with Gasteiger partial charge in [0.1, 0.15) is 5.82 Å². The maximum Gasteiger partial charge on any atom is 0.258 e. The number of aromatic nitrogens is 3. The van der Waals surface area contributed by atoms with Crippen LogP contribution in [0.1, 0.15) is 28.8 Å². The van der Waals surface area contributed by atoms with E-state index in [1.165, 1.54) is 12.1 Å². The molecule has 2 fully saturated rings. The Morgan fingerprint density at radius 3 is 1.93 bits per heavy atom. The van der Waals surface area contributed by atoms with E-state index in [2.05, 4.69) is 20.6 Å². The zero-order valence-electron chi connectivity index (χ0n) is 23.0. The molecule has 0 spiro atoms. The highest BCUT2D eigenvalue weighted by Gasteiger charge is 2.29. The number of carbonyl (C=O) groups is 1. The van der Waals surface area contributed by atoms with Crippen LogP contribution in [0, 0.1) is 12.7 Å². The minimum absolute atomic E-state index is 0.118. The number of rotatable bonds is 6. The van der Waals surface area contributed by atoms with Gasteiger partial charge in [-0.2, -0.15) is 15.0 Å². The number of halogens is 3. The lowest BCUT2D eigenvalue weighted by atomic mass is 10.0. The molecule has 0 aliphatic carbocycles. The Balaban J connectivity index is 1.43. The molecule has 3 heterocycles. The summed E-state index contributed by atoms with van der Waals surface area (Å²) in [5.41, 5.74) is 26.3. The fourth-order valence-electron chi connectivity index (χ4n) is 5.33. The lowest BCUT2D eigenvalue weighted by Crippen LogP contribution is -2.54. The van der Waals surface area contributed by atoms with E-state index in [0.717, 1.165) is 6.07 Å². The van der Waals surface area contributed by atoms with Crippen LogP contribution in [0.4, 0.5) is 33.6 Å². The van der Waals surface area contributed by atoms with E-state index in [0.29, 0.717) is 67.9 Å². The molecule has 3 aromatic rings. The molecule has 1 aromatic heterocycles. The molecule has 15 heteroatoms. The second kappa shape index (κ2) is 12.5. The summed E-state index contributed by atoms with van der Waals surface area (Å²) in [5, 5.41) is 6.31. The molecule has 2 saturated heterocycles. The van der Waals surface area contributed by atoms with Gasteiger partial charge in [0, 0.05) is 61.1 Å². The molecule has 42 heavy (non-hydrogen) atoms. The fraction of sp³-hybridized carbons (Fsp3) is 0.407. The molecule has 5 rings (SSSR count). The Kier molecular flexibility index (Phi) is 8.97. The Labute approximate surface area is 252 Å². The van der Waals surface area contributed by atoms with Gasteiger partial charge in [0.25, 0.3) is 5.91 Å². The van der Waals surface area contributed by atoms with Crippen molar-refractivity contribution in [3.05, 3.63) is 57.3 Å². The second-order valence-corrected chi connectivity index (χ2v) is 11.8. The number of amides is 1. The average molecular weight is 619 g/mol. The molecule has 0 saturated carbocycles. The van der Waals surface area contributed by atoms with E-state index in [1.807, 2.05) is 9.80 Å². The standard InChI is InChI=1S/C27H34Cl2FN11O/c1-13-4-19(8-21(29)23(13)36-24(42)20-3-2-14(28)5-22(20)30)35-25-37-26(40-9-15(31)6-16(32)10-40)39-27(38-25)41-11-17(33)7-18(34)12-41/h2-5,8,15-18H,6-7,9-12,31-34H2,1H3,(H,36,42)(H,35,37,38,39)/t15-,16+,17-,18+. The molecule has 224 valence electrons. The normalized spacial score (nSPS) is 22.7. The maximum absolute atomic E-state index is 14.3. The van der Waals surface area contributed by atoms with Crippen LogP contribution in [0.15, 0.2) is 30.3 Å². The molecular formula is C27H34Cl2FN11O. The minimum Gasteiger partial charge on any atom is -0.338 e. The van der Waals surface area contributed by atoms with Crippen LogP contribution in [0.2, 0.25) is 10.0 Å². The third-order valence-corrected chi connectivity index (χ3v) is 7.70. The highest BCUT2D eigenvalue weighted by molar-refractivity contribution is 6.34. The smallest absolute Gasteiger partial charge is 0.258 e. The minimum atomic E-state index is -0.736. The number of carbonyl (C=O) groups excluding carboxylic acids is 1. The SMILES string of the molecule is Cc1cc(Nc2nc(N3C[C@H](N)C[C@H](N)C3)nc(N3C[C@H](N)C[C@H](N)C3)n2)cc(Cl)c1NC(=O)c1ccc(Cl)cc1F. The number of nitrogens with two attached hydrogens (primary N) is 4. The van der Waals surface area contributed by atoms with Gasteiger partial charge in [-0.05, 0) is 55.7 Å². The van der Waals surface area contributed by atoms with Gasteiger partial charge in [0.15, 0.2) is 0 Å². The Morgan fingerprint density at radius 1 is 0.881 bits per heavy atom. The number of hydrogen-bond acceptors (Lipinski definition) is 11. The summed E-state index contributed by atoms with van der Waals surface area (Å²) in [7, 11) is 0. The van der Waals surface area contributed by atoms with E-state index < -0.39 is 11.7 Å². The fourth-order valence-corrected chi connectivity index (χ4v) is 5.81. The molecule has 2 aliphatic heterocycles. The first-order chi connectivity index (χ1) is 19.9. The lowest BCUT2D eigenvalue weighted by molar-refractivity contribution is 0.102. The predicted molar refractivity (Wildman–Crippen MR) is 164 cm³/mol. The number of hydrogen-bond donors (Lipinski definition) is 6. The highest BCUT2D eigenvalue weighted by atomic mass is 35.5. The van der Waals surface area contributed by atoms with Crippen molar-refractivity contribution in [2.45, 2.75) is 43.9 Å². The molecule has 10 N–H and O–H groups in total. The topological polar surface area (TPSA) is 190 Å². The predicted octanol–water partition coefficient (Wildman–Crippen LogP) is 2.35. The van der Waals surface area contributed by atoms with Gasteiger partial charge >= 0.3 is 0 Å². The summed E-state index contributed by atoms with van der Waals surface area (Å²) < 4.78 is 14.3. The largest absolute Gasteiger partial charge is 0.338 e. The first kappa shape index (κ1) is 30.1. The van der Waals surface area contributed by atoms with Gasteiger partial charge in [0.2, 0.25) is 17.8 Å². The van der Waals surface area contributed by atoms with E-state index in [4.69, 9.17) is 51.1 Å². The molecule has 1 amide bonds. The van der Waals surface area contributed by atoms with Crippen molar-refractivity contribution in [2.24, 2.45) is 22.9 Å². The summed E-state index contributed by atoms with van der Waals surface area (Å²) in [5.74, 6) is -0.266. The summed E-state index contributed by atoms with van der Waals surface area (Å²) in [6.45, 7) is 3.95. The Bertz CT molecular complexity index is 1390. The van der Waals surface area contributed by atoms with Crippen molar-refractivity contribution >= 4 is 58.3 Å². The summed E-state index contributed by atoms with van der Waals surface area (Å²) >= 11 is 12.4. The van der Waals surface area contributed by atoms with Crippen molar-refractivity contribution in [3.63, 3.8) is 0 Å². The van der Waals surface area contributed by atoms with Gasteiger partial charge in [0.05, 0.1) is 16.3 Å². The Morgan fingerprint density at radius 2 is 1.43 bits per heavy atom.